The first-order valence-corrected chi connectivity index (χ1v) is 12.6. The normalized spacial score (nSPS) is 14.2. The fourth-order valence-electron chi connectivity index (χ4n) is 4.98. The zero-order valence-corrected chi connectivity index (χ0v) is 20.7. The highest BCUT2D eigenvalue weighted by molar-refractivity contribution is 6.00. The molecule has 1 aliphatic heterocycles. The third-order valence-corrected chi connectivity index (χ3v) is 6.96. The lowest BCUT2D eigenvalue weighted by molar-refractivity contribution is 0.0707. The quantitative estimate of drug-likeness (QED) is 0.301. The van der Waals surface area contributed by atoms with Gasteiger partial charge in [-0.25, -0.2) is 4.98 Å². The molecule has 1 amide bonds. The number of benzene rings is 3. The summed E-state index contributed by atoms with van der Waals surface area (Å²) >= 11 is 0. The zero-order chi connectivity index (χ0) is 25.2. The second-order valence-corrected chi connectivity index (χ2v) is 9.39. The van der Waals surface area contributed by atoms with Crippen LogP contribution < -0.4 is 4.74 Å². The van der Waals surface area contributed by atoms with Crippen molar-refractivity contribution < 1.29 is 13.9 Å². The van der Waals surface area contributed by atoms with Crippen molar-refractivity contribution in [1.82, 2.24) is 19.7 Å². The van der Waals surface area contributed by atoms with Gasteiger partial charge in [-0.05, 0) is 42.7 Å². The van der Waals surface area contributed by atoms with E-state index in [1.54, 1.807) is 7.11 Å². The maximum absolute atomic E-state index is 13.8. The smallest absolute Gasteiger partial charge is 0.257 e. The number of oxazole rings is 1. The highest BCUT2D eigenvalue weighted by Crippen LogP contribution is 2.32. The van der Waals surface area contributed by atoms with Crippen LogP contribution in [-0.4, -0.2) is 45.8 Å². The molecule has 0 saturated carbocycles. The summed E-state index contributed by atoms with van der Waals surface area (Å²) in [6.45, 7) is 1.87. The number of hydrogen-bond acceptors (Lipinski definition) is 5. The summed E-state index contributed by atoms with van der Waals surface area (Å²) in [5.41, 5.74) is 4.94. The summed E-state index contributed by atoms with van der Waals surface area (Å²) < 4.78 is 13.3. The minimum absolute atomic E-state index is 0.00635. The molecule has 0 radical (unpaired) electrons. The maximum atomic E-state index is 13.8. The van der Waals surface area contributed by atoms with Gasteiger partial charge in [-0.3, -0.25) is 9.48 Å². The van der Waals surface area contributed by atoms with E-state index in [1.165, 1.54) is 0 Å². The average Bonchev–Trinajstić information content (AvgIpc) is 3.58. The Bertz CT molecular complexity index is 1500. The van der Waals surface area contributed by atoms with Crippen LogP contribution in [-0.2, 0) is 6.54 Å². The number of para-hydroxylation sites is 2. The van der Waals surface area contributed by atoms with Crippen molar-refractivity contribution in [3.8, 4) is 17.0 Å². The molecule has 0 spiro atoms. The number of ether oxygens (including phenoxy) is 1. The largest absolute Gasteiger partial charge is 0.497 e. The van der Waals surface area contributed by atoms with Crippen LogP contribution in [0, 0.1) is 0 Å². The van der Waals surface area contributed by atoms with E-state index in [2.05, 4.69) is 17.1 Å². The van der Waals surface area contributed by atoms with E-state index >= 15 is 0 Å². The number of carbonyl (C=O) groups excluding carboxylic acids is 1. The summed E-state index contributed by atoms with van der Waals surface area (Å²) in [4.78, 5) is 20.4. The van der Waals surface area contributed by atoms with E-state index in [0.29, 0.717) is 30.9 Å². The summed E-state index contributed by atoms with van der Waals surface area (Å²) in [5.74, 6) is 1.69. The minimum Gasteiger partial charge on any atom is -0.497 e. The molecule has 6 rings (SSSR count). The van der Waals surface area contributed by atoms with Crippen LogP contribution in [0.3, 0.4) is 0 Å². The second kappa shape index (κ2) is 9.93. The molecule has 1 saturated heterocycles. The monoisotopic (exact) mass is 492 g/mol. The van der Waals surface area contributed by atoms with Gasteiger partial charge in [0.15, 0.2) is 11.5 Å². The van der Waals surface area contributed by atoms with Crippen molar-refractivity contribution >= 4 is 17.0 Å². The molecule has 5 aromatic rings. The van der Waals surface area contributed by atoms with Crippen molar-refractivity contribution in [2.24, 2.45) is 0 Å². The topological polar surface area (TPSA) is 73.4 Å². The fourth-order valence-corrected chi connectivity index (χ4v) is 4.98. The lowest BCUT2D eigenvalue weighted by Crippen LogP contribution is -2.38. The number of aromatic nitrogens is 3. The number of carbonyl (C=O) groups is 1. The molecule has 7 nitrogen and oxygen atoms in total. The first-order chi connectivity index (χ1) is 18.2. The number of likely N-dealkylation sites (tertiary alicyclic amines) is 1. The predicted octanol–water partition coefficient (Wildman–Crippen LogP) is 5.77. The molecule has 1 fully saturated rings. The predicted molar refractivity (Wildman–Crippen MR) is 142 cm³/mol. The van der Waals surface area contributed by atoms with Crippen LogP contribution in [0.5, 0.6) is 5.75 Å². The first-order valence-electron chi connectivity index (χ1n) is 12.6. The number of fused-ring (bicyclic) bond motifs is 1. The van der Waals surface area contributed by atoms with Gasteiger partial charge in [-0.2, -0.15) is 5.10 Å². The molecule has 0 unspecified atom stereocenters. The number of amides is 1. The molecule has 0 bridgehead atoms. The summed E-state index contributed by atoms with van der Waals surface area (Å²) in [5, 5.41) is 4.84. The lowest BCUT2D eigenvalue weighted by Gasteiger charge is -2.30. The number of hydrogen-bond donors (Lipinski definition) is 0. The lowest BCUT2D eigenvalue weighted by atomic mass is 9.96. The number of rotatable bonds is 6. The third kappa shape index (κ3) is 4.72. The van der Waals surface area contributed by atoms with Gasteiger partial charge in [0.2, 0.25) is 0 Å². The van der Waals surface area contributed by atoms with Crippen molar-refractivity contribution in [3.63, 3.8) is 0 Å². The van der Waals surface area contributed by atoms with Gasteiger partial charge >= 0.3 is 0 Å². The SMILES string of the molecule is COc1cccc(-c2nn(Cc3ccccc3)cc2C(=O)N2CCC(c3nc4ccccc4o3)CC2)c1. The standard InChI is InChI=1S/C30H28N4O3/c1-36-24-11-7-10-23(18-24)28-25(20-34(32-28)19-21-8-3-2-4-9-21)30(35)33-16-14-22(15-17-33)29-31-26-12-5-6-13-27(26)37-29/h2-13,18,20,22H,14-17,19H2,1H3. The molecular weight excluding hydrogens is 464 g/mol. The van der Waals surface area contributed by atoms with Crippen molar-refractivity contribution in [2.45, 2.75) is 25.3 Å². The Morgan fingerprint density at radius 1 is 1.00 bits per heavy atom. The second-order valence-electron chi connectivity index (χ2n) is 9.39. The summed E-state index contributed by atoms with van der Waals surface area (Å²) in [7, 11) is 1.64. The van der Waals surface area contributed by atoms with Crippen LogP contribution >= 0.6 is 0 Å². The Balaban J connectivity index is 1.25. The van der Waals surface area contributed by atoms with Crippen LogP contribution in [0.2, 0.25) is 0 Å². The highest BCUT2D eigenvalue weighted by Gasteiger charge is 2.30. The van der Waals surface area contributed by atoms with Gasteiger partial charge in [-0.15, -0.1) is 0 Å². The van der Waals surface area contributed by atoms with Crippen LogP contribution in [0.1, 0.15) is 40.6 Å². The maximum Gasteiger partial charge on any atom is 0.257 e. The Kier molecular flexibility index (Phi) is 6.18. The highest BCUT2D eigenvalue weighted by atomic mass is 16.5. The minimum atomic E-state index is -0.00635. The average molecular weight is 493 g/mol. The Labute approximate surface area is 215 Å². The Hall–Kier alpha value is -4.39. The number of nitrogens with zero attached hydrogens (tertiary/aromatic N) is 4. The molecule has 2 aromatic heterocycles. The van der Waals surface area contributed by atoms with Gasteiger partial charge in [0.05, 0.1) is 19.2 Å². The van der Waals surface area contributed by atoms with Gasteiger partial charge < -0.3 is 14.1 Å². The van der Waals surface area contributed by atoms with E-state index < -0.39 is 0 Å². The molecule has 3 aromatic carbocycles. The number of piperidine rings is 1. The van der Waals surface area contributed by atoms with Crippen molar-refractivity contribution in [1.29, 1.82) is 0 Å². The molecule has 0 atom stereocenters. The summed E-state index contributed by atoms with van der Waals surface area (Å²) in [6, 6.07) is 25.7. The van der Waals surface area contributed by atoms with E-state index in [0.717, 1.165) is 46.7 Å². The van der Waals surface area contributed by atoms with Crippen LogP contribution in [0.15, 0.2) is 89.5 Å². The number of methoxy groups -OCH3 is 1. The van der Waals surface area contributed by atoms with Gasteiger partial charge in [0, 0.05) is 30.8 Å². The van der Waals surface area contributed by atoms with Gasteiger partial charge in [0.1, 0.15) is 17.0 Å². The molecule has 37 heavy (non-hydrogen) atoms. The van der Waals surface area contributed by atoms with E-state index in [4.69, 9.17) is 14.3 Å². The molecule has 3 heterocycles. The van der Waals surface area contributed by atoms with Gasteiger partial charge in [0.25, 0.3) is 5.91 Å². The fraction of sp³-hybridized carbons (Fsp3) is 0.233. The van der Waals surface area contributed by atoms with Crippen molar-refractivity contribution in [2.75, 3.05) is 20.2 Å². The third-order valence-electron chi connectivity index (χ3n) is 6.96. The van der Waals surface area contributed by atoms with E-state index in [-0.39, 0.29) is 11.8 Å². The molecule has 0 aliphatic carbocycles. The van der Waals surface area contributed by atoms with E-state index in [1.807, 2.05) is 82.5 Å². The van der Waals surface area contributed by atoms with Crippen LogP contribution in [0.4, 0.5) is 0 Å². The van der Waals surface area contributed by atoms with E-state index in [9.17, 15) is 4.79 Å². The van der Waals surface area contributed by atoms with Gasteiger partial charge in [-0.1, -0.05) is 54.6 Å². The van der Waals surface area contributed by atoms with Crippen LogP contribution in [0.25, 0.3) is 22.4 Å². The molecule has 7 heteroatoms. The molecule has 0 N–H and O–H groups in total. The first kappa shape index (κ1) is 23.0. The van der Waals surface area contributed by atoms with Crippen molar-refractivity contribution in [3.05, 3.63) is 102 Å². The molecular formula is C30H28N4O3. The Morgan fingerprint density at radius 2 is 1.78 bits per heavy atom. The molecule has 186 valence electrons. The zero-order valence-electron chi connectivity index (χ0n) is 20.7. The Morgan fingerprint density at radius 3 is 2.57 bits per heavy atom. The molecule has 1 aliphatic rings. The summed E-state index contributed by atoms with van der Waals surface area (Å²) in [6.07, 6.45) is 3.49.